The number of carbonyl (C=O) groups excluding carboxylic acids is 2. The molecule has 4 heteroatoms. The third-order valence-corrected chi connectivity index (χ3v) is 6.00. The van der Waals surface area contributed by atoms with E-state index in [-0.39, 0.29) is 0 Å². The summed E-state index contributed by atoms with van der Waals surface area (Å²) in [5.41, 5.74) is 3.64. The van der Waals surface area contributed by atoms with E-state index in [9.17, 15) is 9.59 Å². The van der Waals surface area contributed by atoms with Gasteiger partial charge in [0.15, 0.2) is 0 Å². The molecule has 0 aromatic heterocycles. The van der Waals surface area contributed by atoms with E-state index in [2.05, 4.69) is 28.1 Å². The lowest BCUT2D eigenvalue weighted by Crippen LogP contribution is -2.20. The first-order valence-corrected chi connectivity index (χ1v) is 8.90. The number of aryl methyl sites for hydroxylation is 2. The summed E-state index contributed by atoms with van der Waals surface area (Å²) in [6, 6.07) is 9.80. The van der Waals surface area contributed by atoms with Gasteiger partial charge in [-0.3, -0.25) is 0 Å². The van der Waals surface area contributed by atoms with Gasteiger partial charge in [0.2, 0.25) is 0 Å². The summed E-state index contributed by atoms with van der Waals surface area (Å²) in [6.07, 6.45) is 4.50. The molecule has 1 aliphatic carbocycles. The average Bonchev–Trinajstić information content (AvgIpc) is 2.59. The fourth-order valence-electron chi connectivity index (χ4n) is 4.03. The number of hydrogen-bond acceptors (Lipinski definition) is 3. The summed E-state index contributed by atoms with van der Waals surface area (Å²) in [5.74, 6) is -1.11. The molecule has 0 N–H and O–H groups in total. The monoisotopic (exact) mass is 380 g/mol. The minimum atomic E-state index is -0.567. The smallest absolute Gasteiger partial charge is 0.347 e. The summed E-state index contributed by atoms with van der Waals surface area (Å²) in [4.78, 5) is 24.6. The Morgan fingerprint density at radius 3 is 2.33 bits per heavy atom. The summed E-state index contributed by atoms with van der Waals surface area (Å²) >= 11 is 3.71. The van der Waals surface area contributed by atoms with Crippen molar-refractivity contribution in [3.63, 3.8) is 0 Å². The fourth-order valence-corrected chi connectivity index (χ4v) is 4.69. The lowest BCUT2D eigenvalue weighted by Gasteiger charge is -2.22. The highest BCUT2D eigenvalue weighted by atomic mass is 79.9. The molecule has 3 nitrogen and oxygen atoms in total. The van der Waals surface area contributed by atoms with Crippen LogP contribution in [0.5, 0.6) is 0 Å². The minimum Gasteiger partial charge on any atom is -0.386 e. The van der Waals surface area contributed by atoms with Gasteiger partial charge in [0.25, 0.3) is 0 Å². The highest BCUT2D eigenvalue weighted by Crippen LogP contribution is 2.42. The molecule has 0 bridgehead atoms. The van der Waals surface area contributed by atoms with Crippen LogP contribution < -0.4 is 0 Å². The van der Waals surface area contributed by atoms with Crippen LogP contribution >= 0.6 is 15.9 Å². The van der Waals surface area contributed by atoms with Crippen molar-refractivity contribution in [3.05, 3.63) is 57.1 Å². The summed E-state index contributed by atoms with van der Waals surface area (Å²) < 4.78 is 5.94. The predicted molar refractivity (Wildman–Crippen MR) is 95.5 cm³/mol. The highest BCUT2D eigenvalue weighted by Gasteiger charge is 2.31. The molecule has 2 aliphatic rings. The Bertz CT molecular complexity index is 1080. The van der Waals surface area contributed by atoms with E-state index in [1.54, 1.807) is 6.07 Å². The van der Waals surface area contributed by atoms with Crippen LogP contribution in [0.25, 0.3) is 21.5 Å². The summed E-state index contributed by atoms with van der Waals surface area (Å²) in [7, 11) is 0. The van der Waals surface area contributed by atoms with Crippen molar-refractivity contribution in [3.8, 4) is 0 Å². The van der Waals surface area contributed by atoms with Crippen LogP contribution in [0.3, 0.4) is 0 Å². The Labute approximate surface area is 146 Å². The first-order valence-electron chi connectivity index (χ1n) is 8.11. The highest BCUT2D eigenvalue weighted by molar-refractivity contribution is 9.10. The van der Waals surface area contributed by atoms with Crippen molar-refractivity contribution < 1.29 is 14.3 Å². The maximum Gasteiger partial charge on any atom is 0.347 e. The van der Waals surface area contributed by atoms with Crippen LogP contribution in [0.15, 0.2) is 34.8 Å². The molecule has 0 fully saturated rings. The Kier molecular flexibility index (Phi) is 2.89. The zero-order chi connectivity index (χ0) is 16.4. The van der Waals surface area contributed by atoms with Gasteiger partial charge < -0.3 is 4.74 Å². The molecule has 1 heterocycles. The molecule has 0 amide bonds. The molecule has 5 rings (SSSR count). The van der Waals surface area contributed by atoms with Gasteiger partial charge in [0.1, 0.15) is 0 Å². The van der Waals surface area contributed by atoms with Crippen LogP contribution in [-0.4, -0.2) is 11.9 Å². The van der Waals surface area contributed by atoms with Crippen molar-refractivity contribution in [2.45, 2.75) is 25.7 Å². The number of ether oxygens (including phenoxy) is 1. The number of hydrogen-bond donors (Lipinski definition) is 0. The number of benzene rings is 3. The van der Waals surface area contributed by atoms with E-state index in [0.717, 1.165) is 33.5 Å². The molecule has 1 aliphatic heterocycles. The summed E-state index contributed by atoms with van der Waals surface area (Å²) in [6.45, 7) is 0. The van der Waals surface area contributed by atoms with Crippen molar-refractivity contribution in [1.82, 2.24) is 0 Å². The SMILES string of the molecule is O=C1OC(=O)c2c3cc4c(cc3c(Br)c3cccc1c23)CCCC4. The van der Waals surface area contributed by atoms with Crippen LogP contribution in [-0.2, 0) is 17.6 Å². The first-order chi connectivity index (χ1) is 11.6. The zero-order valence-corrected chi connectivity index (χ0v) is 14.4. The van der Waals surface area contributed by atoms with E-state index in [0.29, 0.717) is 16.5 Å². The lowest BCUT2D eigenvalue weighted by atomic mass is 9.85. The number of fused-ring (bicyclic) bond motifs is 3. The van der Waals surface area contributed by atoms with Crippen molar-refractivity contribution in [2.24, 2.45) is 0 Å². The normalized spacial score (nSPS) is 16.4. The number of esters is 2. The van der Waals surface area contributed by atoms with E-state index < -0.39 is 11.9 Å². The predicted octanol–water partition coefficient (Wildman–Crippen LogP) is 4.94. The Hall–Kier alpha value is -2.20. The maximum absolute atomic E-state index is 12.5. The first kappa shape index (κ1) is 14.2. The van der Waals surface area contributed by atoms with Crippen LogP contribution in [0.1, 0.15) is 44.7 Å². The molecule has 0 atom stereocenters. The molecule has 0 radical (unpaired) electrons. The van der Waals surface area contributed by atoms with E-state index >= 15 is 0 Å². The second kappa shape index (κ2) is 4.90. The molecule has 0 spiro atoms. The third kappa shape index (κ3) is 1.77. The van der Waals surface area contributed by atoms with Gasteiger partial charge >= 0.3 is 11.9 Å². The molecular weight excluding hydrogens is 368 g/mol. The number of halogens is 1. The molecule has 118 valence electrons. The van der Waals surface area contributed by atoms with Crippen molar-refractivity contribution >= 4 is 49.4 Å². The molecule has 0 unspecified atom stereocenters. The third-order valence-electron chi connectivity index (χ3n) is 5.15. The lowest BCUT2D eigenvalue weighted by molar-refractivity contribution is 0.0393. The van der Waals surface area contributed by atoms with Gasteiger partial charge in [-0.05, 0) is 87.1 Å². The summed E-state index contributed by atoms with van der Waals surface area (Å²) in [5, 5.41) is 3.48. The van der Waals surface area contributed by atoms with Gasteiger partial charge in [-0.2, -0.15) is 0 Å². The van der Waals surface area contributed by atoms with Crippen LogP contribution in [0, 0.1) is 0 Å². The topological polar surface area (TPSA) is 43.4 Å². The molecule has 3 aromatic carbocycles. The quantitative estimate of drug-likeness (QED) is 0.315. The second-order valence-corrected chi connectivity index (χ2v) is 7.26. The van der Waals surface area contributed by atoms with Crippen molar-refractivity contribution in [2.75, 3.05) is 0 Å². The molecule has 0 saturated carbocycles. The standard InChI is InChI=1S/C20H13BrO3/c21-18-12-6-3-7-13-16(12)17(20(23)24-19(13)22)14-8-10-4-1-2-5-11(10)9-15(14)18/h3,6-9H,1-2,4-5H2. The molecular formula is C20H13BrO3. The number of cyclic esters (lactones) is 2. The molecule has 24 heavy (non-hydrogen) atoms. The van der Waals surface area contributed by atoms with Gasteiger partial charge in [-0.15, -0.1) is 0 Å². The van der Waals surface area contributed by atoms with E-state index in [4.69, 9.17) is 4.74 Å². The van der Waals surface area contributed by atoms with Gasteiger partial charge in [-0.1, -0.05) is 12.1 Å². The van der Waals surface area contributed by atoms with Crippen molar-refractivity contribution in [1.29, 1.82) is 0 Å². The van der Waals surface area contributed by atoms with Crippen LogP contribution in [0.4, 0.5) is 0 Å². The number of carbonyl (C=O) groups is 2. The van der Waals surface area contributed by atoms with Gasteiger partial charge in [-0.25, -0.2) is 9.59 Å². The average molecular weight is 381 g/mol. The van der Waals surface area contributed by atoms with E-state index in [1.165, 1.54) is 24.0 Å². The van der Waals surface area contributed by atoms with Crippen LogP contribution in [0.2, 0.25) is 0 Å². The Morgan fingerprint density at radius 1 is 0.875 bits per heavy atom. The zero-order valence-electron chi connectivity index (χ0n) is 12.8. The van der Waals surface area contributed by atoms with Gasteiger partial charge in [0.05, 0.1) is 11.1 Å². The fraction of sp³-hybridized carbons (Fsp3) is 0.200. The Morgan fingerprint density at radius 2 is 1.58 bits per heavy atom. The van der Waals surface area contributed by atoms with Gasteiger partial charge in [0, 0.05) is 9.86 Å². The minimum absolute atomic E-state index is 0.461. The molecule has 3 aromatic rings. The maximum atomic E-state index is 12.5. The second-order valence-electron chi connectivity index (χ2n) is 6.47. The molecule has 0 saturated heterocycles. The Balaban J connectivity index is 2.03. The van der Waals surface area contributed by atoms with E-state index in [1.807, 2.05) is 12.1 Å². The largest absolute Gasteiger partial charge is 0.386 e. The number of rotatable bonds is 0.